The summed E-state index contributed by atoms with van der Waals surface area (Å²) in [5.74, 6) is -0.952. The molecule has 2 heterocycles. The molecule has 4 amide bonds. The Morgan fingerprint density at radius 2 is 1.69 bits per heavy atom. The lowest BCUT2D eigenvalue weighted by molar-refractivity contribution is -0.144. The van der Waals surface area contributed by atoms with Crippen LogP contribution in [0.4, 0.5) is 4.79 Å². The highest BCUT2D eigenvalue weighted by Gasteiger charge is 2.44. The molecule has 272 valence electrons. The maximum Gasteiger partial charge on any atom is 0.410 e. The van der Waals surface area contributed by atoms with Gasteiger partial charge in [0.25, 0.3) is 0 Å². The molecule has 1 unspecified atom stereocenters. The van der Waals surface area contributed by atoms with Crippen molar-refractivity contribution >= 4 is 35.2 Å². The van der Waals surface area contributed by atoms with E-state index >= 15 is 0 Å². The van der Waals surface area contributed by atoms with E-state index in [0.29, 0.717) is 19.5 Å². The number of β-amino-alcohol motifs (C(OH)–C–C–N with tert-alkyl or cyclic N) is 1. The fourth-order valence-electron chi connectivity index (χ4n) is 5.90. The zero-order valence-electron chi connectivity index (χ0n) is 30.8. The van der Waals surface area contributed by atoms with E-state index in [1.54, 1.807) is 16.2 Å². The van der Waals surface area contributed by atoms with Crippen LogP contribution in [0.2, 0.25) is 0 Å². The summed E-state index contributed by atoms with van der Waals surface area (Å²) in [5, 5.41) is 16.5. The van der Waals surface area contributed by atoms with Crippen LogP contribution in [0.25, 0.3) is 10.4 Å². The van der Waals surface area contributed by atoms with Gasteiger partial charge in [0.05, 0.1) is 28.2 Å². The summed E-state index contributed by atoms with van der Waals surface area (Å²) in [6, 6.07) is 5.93. The van der Waals surface area contributed by atoms with Crippen LogP contribution < -0.4 is 10.6 Å². The number of nitrogens with one attached hydrogen (secondary N) is 2. The normalized spacial score (nSPS) is 17.7. The highest BCUT2D eigenvalue weighted by Crippen LogP contribution is 2.29. The second kappa shape index (κ2) is 17.4. The average molecular weight is 700 g/mol. The van der Waals surface area contributed by atoms with Crippen LogP contribution >= 0.6 is 11.3 Å². The smallest absolute Gasteiger partial charge is 0.410 e. The summed E-state index contributed by atoms with van der Waals surface area (Å²) in [5.41, 5.74) is 3.60. The van der Waals surface area contributed by atoms with Gasteiger partial charge in [0.2, 0.25) is 17.7 Å². The minimum atomic E-state index is -0.868. The highest BCUT2D eigenvalue weighted by molar-refractivity contribution is 7.13. The Bertz CT molecular complexity index is 1410. The Balaban J connectivity index is 1.53. The lowest BCUT2D eigenvalue weighted by Crippen LogP contribution is -2.57. The molecule has 1 fully saturated rings. The van der Waals surface area contributed by atoms with Crippen LogP contribution in [0.1, 0.15) is 111 Å². The number of hydrogen-bond donors (Lipinski definition) is 3. The molecule has 0 spiro atoms. The van der Waals surface area contributed by atoms with E-state index in [0.717, 1.165) is 41.0 Å². The second-order valence-corrected chi connectivity index (χ2v) is 16.0. The van der Waals surface area contributed by atoms with Crippen LogP contribution in [0.3, 0.4) is 0 Å². The molecule has 3 rings (SSSR count). The van der Waals surface area contributed by atoms with Gasteiger partial charge >= 0.3 is 6.09 Å². The summed E-state index contributed by atoms with van der Waals surface area (Å²) in [7, 11) is 0. The van der Waals surface area contributed by atoms with Crippen molar-refractivity contribution in [1.82, 2.24) is 25.4 Å². The number of aliphatic hydroxyl groups is 1. The van der Waals surface area contributed by atoms with Crippen molar-refractivity contribution in [1.29, 1.82) is 0 Å². The first-order chi connectivity index (χ1) is 22.9. The number of carbonyl (C=O) groups is 4. The summed E-state index contributed by atoms with van der Waals surface area (Å²) >= 11 is 1.58. The van der Waals surface area contributed by atoms with E-state index in [1.807, 2.05) is 92.1 Å². The molecule has 49 heavy (non-hydrogen) atoms. The van der Waals surface area contributed by atoms with Gasteiger partial charge < -0.3 is 30.3 Å². The number of hydrogen-bond acceptors (Lipinski definition) is 8. The lowest BCUT2D eigenvalue weighted by Gasteiger charge is -2.35. The quantitative estimate of drug-likeness (QED) is 0.206. The molecule has 0 aliphatic carbocycles. The number of unbranched alkanes of at least 4 members (excludes halogenated alkanes) is 3. The third-order valence-corrected chi connectivity index (χ3v) is 9.65. The maximum atomic E-state index is 13.9. The van der Waals surface area contributed by atoms with E-state index in [9.17, 15) is 24.3 Å². The predicted molar refractivity (Wildman–Crippen MR) is 193 cm³/mol. The van der Waals surface area contributed by atoms with E-state index in [-0.39, 0.29) is 49.2 Å². The van der Waals surface area contributed by atoms with Gasteiger partial charge in [0.1, 0.15) is 17.7 Å². The Hall–Kier alpha value is -3.51. The first-order valence-corrected chi connectivity index (χ1v) is 18.4. The topological polar surface area (TPSA) is 141 Å². The van der Waals surface area contributed by atoms with Crippen molar-refractivity contribution in [3.05, 3.63) is 41.0 Å². The monoisotopic (exact) mass is 699 g/mol. The lowest BCUT2D eigenvalue weighted by atomic mass is 9.85. The van der Waals surface area contributed by atoms with Gasteiger partial charge in [-0.2, -0.15) is 0 Å². The molecule has 3 N–H and O–H groups in total. The highest BCUT2D eigenvalue weighted by atomic mass is 32.1. The number of benzene rings is 1. The fraction of sp³-hybridized carbons (Fsp3) is 0.649. The number of ether oxygens (including phenoxy) is 1. The number of likely N-dealkylation sites (tertiary alicyclic amines) is 1. The standard InChI is InChI=1S/C37H57N5O6S/c1-10-41(35(47)48-37(7,8)9)20-14-12-11-13-15-30(44)40-32(36(4,5)6)34(46)42-22-28(43)21-29(42)33(45)39-24(2)26-16-18-27(19-17-26)31-25(3)38-23-49-31/h16-19,23-24,28-29,32,43H,10-15,20-22H2,1-9H3,(H,39,45)(H,40,44)/t24-,28+,29-,32?/m0/s1. The maximum absolute atomic E-state index is 13.9. The third-order valence-electron chi connectivity index (χ3n) is 8.68. The molecule has 1 aliphatic heterocycles. The predicted octanol–water partition coefficient (Wildman–Crippen LogP) is 6.00. The molecule has 12 heteroatoms. The number of nitrogens with zero attached hydrogens (tertiary/aromatic N) is 3. The summed E-state index contributed by atoms with van der Waals surface area (Å²) in [6.07, 6.45) is 2.33. The first kappa shape index (κ1) is 39.9. The summed E-state index contributed by atoms with van der Waals surface area (Å²) < 4.78 is 5.46. The molecule has 0 saturated carbocycles. The van der Waals surface area contributed by atoms with Crippen LogP contribution in [0, 0.1) is 12.3 Å². The van der Waals surface area contributed by atoms with E-state index in [1.165, 1.54) is 4.90 Å². The molecule has 0 radical (unpaired) electrons. The molecule has 1 aromatic carbocycles. The van der Waals surface area contributed by atoms with Crippen molar-refractivity contribution < 1.29 is 29.0 Å². The van der Waals surface area contributed by atoms with Crippen LogP contribution in [-0.2, 0) is 19.1 Å². The number of aryl methyl sites for hydroxylation is 1. The number of thiazole rings is 1. The van der Waals surface area contributed by atoms with E-state index in [2.05, 4.69) is 15.6 Å². The molecule has 1 aliphatic rings. The Labute approximate surface area is 296 Å². The molecule has 1 aromatic heterocycles. The number of rotatable bonds is 14. The van der Waals surface area contributed by atoms with Gasteiger partial charge in [-0.1, -0.05) is 57.9 Å². The van der Waals surface area contributed by atoms with Gasteiger partial charge in [-0.25, -0.2) is 9.78 Å². The van der Waals surface area contributed by atoms with Crippen molar-refractivity contribution in [3.8, 4) is 10.4 Å². The molecule has 11 nitrogen and oxygen atoms in total. The van der Waals surface area contributed by atoms with E-state index in [4.69, 9.17) is 4.74 Å². The zero-order valence-corrected chi connectivity index (χ0v) is 31.6. The third kappa shape index (κ3) is 11.8. The number of aliphatic hydroxyl groups excluding tert-OH is 1. The molecular formula is C37H57N5O6S. The fourth-order valence-corrected chi connectivity index (χ4v) is 6.71. The minimum absolute atomic E-state index is 0.0225. The molecule has 1 saturated heterocycles. The molecule has 0 bridgehead atoms. The van der Waals surface area contributed by atoms with Crippen molar-refractivity contribution in [2.24, 2.45) is 5.41 Å². The Kier molecular flexibility index (Phi) is 14.2. The number of carbonyl (C=O) groups excluding carboxylic acids is 4. The van der Waals surface area contributed by atoms with Gasteiger partial charge in [-0.15, -0.1) is 11.3 Å². The van der Waals surface area contributed by atoms with Crippen LogP contribution in [0.15, 0.2) is 29.8 Å². The molecular weight excluding hydrogens is 643 g/mol. The summed E-state index contributed by atoms with van der Waals surface area (Å²) in [6.45, 7) is 18.1. The van der Waals surface area contributed by atoms with E-state index < -0.39 is 29.2 Å². The Morgan fingerprint density at radius 3 is 2.27 bits per heavy atom. The first-order valence-electron chi connectivity index (χ1n) is 17.5. The molecule has 4 atom stereocenters. The largest absolute Gasteiger partial charge is 0.444 e. The number of aromatic nitrogens is 1. The van der Waals surface area contributed by atoms with Gasteiger partial charge in [0, 0.05) is 32.5 Å². The summed E-state index contributed by atoms with van der Waals surface area (Å²) in [4.78, 5) is 61.4. The SMILES string of the molecule is CCN(CCCCCCC(=O)NC(C(=O)N1C[C@H](O)C[C@H]1C(=O)N[C@@H](C)c1ccc(-c2scnc2C)cc1)C(C)(C)C)C(=O)OC(C)(C)C. The van der Waals surface area contributed by atoms with Crippen LogP contribution in [0.5, 0.6) is 0 Å². The number of amides is 4. The average Bonchev–Trinajstić information content (AvgIpc) is 3.63. The van der Waals surface area contributed by atoms with Crippen molar-refractivity contribution in [2.45, 2.75) is 131 Å². The van der Waals surface area contributed by atoms with Gasteiger partial charge in [-0.3, -0.25) is 14.4 Å². The van der Waals surface area contributed by atoms with Gasteiger partial charge in [0.15, 0.2) is 0 Å². The van der Waals surface area contributed by atoms with Gasteiger partial charge in [-0.05, 0) is 70.9 Å². The van der Waals surface area contributed by atoms with Crippen molar-refractivity contribution in [3.63, 3.8) is 0 Å². The van der Waals surface area contributed by atoms with Crippen LogP contribution in [-0.4, -0.2) is 87.1 Å². The minimum Gasteiger partial charge on any atom is -0.444 e. The second-order valence-electron chi connectivity index (χ2n) is 15.1. The zero-order chi connectivity index (χ0) is 36.5. The van der Waals surface area contributed by atoms with Crippen molar-refractivity contribution in [2.75, 3.05) is 19.6 Å². The Morgan fingerprint density at radius 1 is 1.04 bits per heavy atom. The molecule has 2 aromatic rings.